The van der Waals surface area contributed by atoms with E-state index in [9.17, 15) is 4.39 Å². The van der Waals surface area contributed by atoms with Gasteiger partial charge in [0.25, 0.3) is 0 Å². The molecule has 0 bridgehead atoms. The van der Waals surface area contributed by atoms with Crippen LogP contribution >= 0.6 is 11.6 Å². The molecule has 0 aliphatic carbocycles. The summed E-state index contributed by atoms with van der Waals surface area (Å²) in [6.45, 7) is 3.62. The van der Waals surface area contributed by atoms with E-state index in [1.165, 1.54) is 6.07 Å². The van der Waals surface area contributed by atoms with Gasteiger partial charge < -0.3 is 5.73 Å². The summed E-state index contributed by atoms with van der Waals surface area (Å²) in [5.74, 6) is -0.413. The molecule has 0 fully saturated rings. The molecule has 1 unspecified atom stereocenters. The Bertz CT molecular complexity index is 586. The van der Waals surface area contributed by atoms with E-state index in [0.717, 1.165) is 11.3 Å². The zero-order valence-electron chi connectivity index (χ0n) is 10.1. The minimum absolute atomic E-state index is 0.351. The Morgan fingerprint density at radius 2 is 1.89 bits per heavy atom. The molecule has 1 atom stereocenters. The van der Waals surface area contributed by atoms with Crippen LogP contribution in [0, 0.1) is 19.7 Å². The number of halogens is 2. The van der Waals surface area contributed by atoms with Gasteiger partial charge in [-0.3, -0.25) is 0 Å². The fraction of sp³-hybridized carbons (Fsp3) is 0.231. The van der Waals surface area contributed by atoms with Crippen molar-refractivity contribution in [2.24, 2.45) is 5.73 Å². The predicted molar refractivity (Wildman–Crippen MR) is 68.9 cm³/mol. The van der Waals surface area contributed by atoms with Gasteiger partial charge in [0.1, 0.15) is 5.82 Å². The number of benzene rings is 1. The fourth-order valence-electron chi connectivity index (χ4n) is 1.81. The van der Waals surface area contributed by atoms with Crippen molar-refractivity contribution in [1.82, 2.24) is 10.2 Å². The van der Waals surface area contributed by atoms with E-state index in [2.05, 4.69) is 10.2 Å². The summed E-state index contributed by atoms with van der Waals surface area (Å²) in [5, 5.41) is 8.28. The van der Waals surface area contributed by atoms with Crippen LogP contribution in [0.5, 0.6) is 0 Å². The topological polar surface area (TPSA) is 51.8 Å². The highest BCUT2D eigenvalue weighted by Gasteiger charge is 2.17. The average molecular weight is 266 g/mol. The molecule has 0 saturated carbocycles. The molecular formula is C13H13ClFN3. The second-order valence-electron chi connectivity index (χ2n) is 4.17. The molecule has 1 heterocycles. The van der Waals surface area contributed by atoms with Gasteiger partial charge in [-0.05, 0) is 37.6 Å². The third kappa shape index (κ3) is 2.49. The Kier molecular flexibility index (Phi) is 3.59. The monoisotopic (exact) mass is 265 g/mol. The maximum atomic E-state index is 13.8. The molecule has 1 aromatic heterocycles. The number of hydrogen-bond donors (Lipinski definition) is 1. The van der Waals surface area contributed by atoms with E-state index in [0.29, 0.717) is 16.3 Å². The second kappa shape index (κ2) is 5.00. The highest BCUT2D eigenvalue weighted by atomic mass is 35.5. The summed E-state index contributed by atoms with van der Waals surface area (Å²) in [4.78, 5) is 0. The summed E-state index contributed by atoms with van der Waals surface area (Å²) in [6, 6.07) is 5.72. The van der Waals surface area contributed by atoms with Gasteiger partial charge in [-0.15, -0.1) is 0 Å². The van der Waals surface area contributed by atoms with Crippen LogP contribution in [0.3, 0.4) is 0 Å². The number of rotatable bonds is 2. The first-order valence-electron chi connectivity index (χ1n) is 5.50. The van der Waals surface area contributed by atoms with E-state index >= 15 is 0 Å². The van der Waals surface area contributed by atoms with Gasteiger partial charge >= 0.3 is 0 Å². The molecule has 0 aliphatic heterocycles. The van der Waals surface area contributed by atoms with Crippen molar-refractivity contribution in [2.45, 2.75) is 19.9 Å². The maximum absolute atomic E-state index is 13.8. The van der Waals surface area contributed by atoms with Crippen LogP contribution < -0.4 is 5.73 Å². The molecule has 0 radical (unpaired) electrons. The van der Waals surface area contributed by atoms with Gasteiger partial charge in [-0.1, -0.05) is 17.7 Å². The van der Waals surface area contributed by atoms with Crippen LogP contribution in [0.15, 0.2) is 24.3 Å². The molecule has 0 saturated heterocycles. The first-order valence-corrected chi connectivity index (χ1v) is 5.88. The Hall–Kier alpha value is -1.52. The van der Waals surface area contributed by atoms with Crippen LogP contribution in [-0.4, -0.2) is 10.2 Å². The van der Waals surface area contributed by atoms with Crippen molar-refractivity contribution >= 4 is 11.6 Å². The van der Waals surface area contributed by atoms with Crippen LogP contribution in [0.2, 0.25) is 5.02 Å². The van der Waals surface area contributed by atoms with Crippen molar-refractivity contribution in [1.29, 1.82) is 0 Å². The summed E-state index contributed by atoms with van der Waals surface area (Å²) in [5.41, 5.74) is 8.70. The molecule has 0 spiro atoms. The van der Waals surface area contributed by atoms with Crippen molar-refractivity contribution in [3.63, 3.8) is 0 Å². The van der Waals surface area contributed by atoms with Crippen molar-refractivity contribution in [3.05, 3.63) is 57.6 Å². The van der Waals surface area contributed by atoms with Gasteiger partial charge in [0.2, 0.25) is 0 Å². The maximum Gasteiger partial charge on any atom is 0.129 e. The Morgan fingerprint density at radius 1 is 1.17 bits per heavy atom. The molecule has 3 nitrogen and oxygen atoms in total. The van der Waals surface area contributed by atoms with E-state index in [4.69, 9.17) is 17.3 Å². The van der Waals surface area contributed by atoms with Gasteiger partial charge in [-0.25, -0.2) is 4.39 Å². The van der Waals surface area contributed by atoms with Gasteiger partial charge in [-0.2, -0.15) is 10.2 Å². The lowest BCUT2D eigenvalue weighted by molar-refractivity contribution is 0.598. The van der Waals surface area contributed by atoms with Gasteiger partial charge in [0.15, 0.2) is 0 Å². The zero-order chi connectivity index (χ0) is 13.3. The summed E-state index contributed by atoms with van der Waals surface area (Å²) >= 11 is 5.72. The van der Waals surface area contributed by atoms with Crippen LogP contribution in [0.4, 0.5) is 4.39 Å². The number of nitrogens with two attached hydrogens (primary N) is 1. The smallest absolute Gasteiger partial charge is 0.129 e. The van der Waals surface area contributed by atoms with E-state index in [1.54, 1.807) is 19.1 Å². The van der Waals surface area contributed by atoms with Crippen molar-refractivity contribution in [2.75, 3.05) is 0 Å². The number of nitrogens with zero attached hydrogens (tertiary/aromatic N) is 2. The first kappa shape index (κ1) is 12.9. The lowest BCUT2D eigenvalue weighted by Gasteiger charge is -2.15. The lowest BCUT2D eigenvalue weighted by Crippen LogP contribution is -2.16. The Morgan fingerprint density at radius 3 is 2.56 bits per heavy atom. The van der Waals surface area contributed by atoms with Crippen LogP contribution in [-0.2, 0) is 0 Å². The molecule has 94 valence electrons. The number of hydrogen-bond acceptors (Lipinski definition) is 3. The molecule has 1 aromatic carbocycles. The molecule has 5 heteroatoms. The molecule has 0 amide bonds. The Labute approximate surface area is 110 Å². The highest BCUT2D eigenvalue weighted by molar-refractivity contribution is 6.30. The molecular weight excluding hydrogens is 253 g/mol. The van der Waals surface area contributed by atoms with Gasteiger partial charge in [0.05, 0.1) is 17.4 Å². The predicted octanol–water partition coefficient (Wildman–Crippen LogP) is 2.93. The van der Waals surface area contributed by atoms with Crippen LogP contribution in [0.25, 0.3) is 0 Å². The molecule has 2 N–H and O–H groups in total. The number of aryl methyl sites for hydroxylation is 2. The summed E-state index contributed by atoms with van der Waals surface area (Å²) in [7, 11) is 0. The number of aromatic nitrogens is 2. The quantitative estimate of drug-likeness (QED) is 0.908. The minimum atomic E-state index is -0.573. The molecule has 18 heavy (non-hydrogen) atoms. The van der Waals surface area contributed by atoms with Crippen molar-refractivity contribution < 1.29 is 4.39 Å². The average Bonchev–Trinajstić information content (AvgIpc) is 2.31. The van der Waals surface area contributed by atoms with E-state index in [1.807, 2.05) is 13.0 Å². The second-order valence-corrected chi connectivity index (χ2v) is 4.61. The highest BCUT2D eigenvalue weighted by Crippen LogP contribution is 2.25. The summed E-state index contributed by atoms with van der Waals surface area (Å²) < 4.78 is 13.8. The first-order chi connectivity index (χ1) is 8.49. The zero-order valence-corrected chi connectivity index (χ0v) is 10.9. The molecule has 2 rings (SSSR count). The summed E-state index contributed by atoms with van der Waals surface area (Å²) in [6.07, 6.45) is 0. The van der Waals surface area contributed by atoms with E-state index < -0.39 is 11.9 Å². The SMILES string of the molecule is Cc1cc(C(N)c2ccc(Cl)cc2F)c(C)nn1. The van der Waals surface area contributed by atoms with E-state index in [-0.39, 0.29) is 0 Å². The van der Waals surface area contributed by atoms with Crippen molar-refractivity contribution in [3.8, 4) is 0 Å². The fourth-order valence-corrected chi connectivity index (χ4v) is 1.96. The largest absolute Gasteiger partial charge is 0.320 e. The third-order valence-corrected chi connectivity index (χ3v) is 3.01. The lowest BCUT2D eigenvalue weighted by atomic mass is 9.98. The molecule has 2 aromatic rings. The van der Waals surface area contributed by atoms with Crippen LogP contribution in [0.1, 0.15) is 28.6 Å². The standard InChI is InChI=1S/C13H13ClFN3/c1-7-5-11(8(2)18-17-7)13(16)10-4-3-9(14)6-12(10)15/h3-6,13H,16H2,1-2H3. The normalized spacial score (nSPS) is 12.5. The molecule has 0 aliphatic rings. The Balaban J connectivity index is 2.47. The van der Waals surface area contributed by atoms with Gasteiger partial charge in [0, 0.05) is 10.6 Å². The third-order valence-electron chi connectivity index (χ3n) is 2.77. The minimum Gasteiger partial charge on any atom is -0.320 e.